The molecule has 5 nitrogen and oxygen atoms in total. The molecule has 32 heavy (non-hydrogen) atoms. The predicted octanol–water partition coefficient (Wildman–Crippen LogP) is 5.53. The number of unbranched alkanes of at least 4 members (excludes halogenated alkanes) is 1. The first-order valence-corrected chi connectivity index (χ1v) is 12.6. The number of alkyl halides is 1. The molecule has 0 bridgehead atoms. The van der Waals surface area contributed by atoms with Crippen molar-refractivity contribution in [2.45, 2.75) is 69.8 Å². The third kappa shape index (κ3) is 6.40. The van der Waals surface area contributed by atoms with Crippen LogP contribution < -0.4 is 0 Å². The molecule has 1 aliphatic rings. The molecule has 1 aliphatic carbocycles. The van der Waals surface area contributed by atoms with E-state index >= 15 is 0 Å². The average molecular weight is 478 g/mol. The van der Waals surface area contributed by atoms with Gasteiger partial charge in [-0.15, -0.1) is 22.9 Å². The van der Waals surface area contributed by atoms with Gasteiger partial charge in [0.05, 0.1) is 24.4 Å². The molecule has 1 N–H and O–H groups in total. The number of hydrogen-bond acceptors (Lipinski definition) is 6. The van der Waals surface area contributed by atoms with E-state index in [1.807, 2.05) is 12.1 Å². The van der Waals surface area contributed by atoms with E-state index < -0.39 is 6.10 Å². The zero-order valence-electron chi connectivity index (χ0n) is 18.8. The highest BCUT2D eigenvalue weighted by Crippen LogP contribution is 2.39. The summed E-state index contributed by atoms with van der Waals surface area (Å²) in [4.78, 5) is 29.1. The number of aliphatic hydroxyl groups excluding tert-OH is 1. The van der Waals surface area contributed by atoms with Gasteiger partial charge >= 0.3 is 5.97 Å². The number of aliphatic hydroxyl groups is 1. The number of nitrogens with zero attached hydrogens (tertiary/aromatic N) is 1. The minimum absolute atomic E-state index is 0.0637. The van der Waals surface area contributed by atoms with E-state index in [0.29, 0.717) is 11.3 Å². The maximum atomic E-state index is 12.7. The van der Waals surface area contributed by atoms with Gasteiger partial charge in [0.25, 0.3) is 0 Å². The number of carbonyl (C=O) groups excluding carboxylic acids is 2. The number of Topliss-reactive ketones (excluding diaryl/α,β-unsaturated/α-hetero) is 1. The van der Waals surface area contributed by atoms with Crippen LogP contribution in [0.3, 0.4) is 0 Å². The molecule has 174 valence electrons. The zero-order valence-corrected chi connectivity index (χ0v) is 20.3. The number of benzene rings is 1. The molecule has 3 unspecified atom stereocenters. The van der Waals surface area contributed by atoms with Crippen molar-refractivity contribution in [2.24, 2.45) is 11.8 Å². The molecule has 4 atom stereocenters. The molecule has 1 saturated carbocycles. The predicted molar refractivity (Wildman–Crippen MR) is 127 cm³/mol. The molecule has 0 radical (unpaired) electrons. The summed E-state index contributed by atoms with van der Waals surface area (Å²) in [5, 5.41) is 11.2. The van der Waals surface area contributed by atoms with Crippen molar-refractivity contribution < 1.29 is 19.4 Å². The van der Waals surface area contributed by atoms with Crippen LogP contribution in [-0.4, -0.2) is 34.3 Å². The van der Waals surface area contributed by atoms with Crippen molar-refractivity contribution in [3.8, 4) is 0 Å². The number of aryl methyl sites for hydroxylation is 1. The maximum Gasteiger partial charge on any atom is 0.349 e. The Morgan fingerprint density at radius 1 is 1.38 bits per heavy atom. The second-order valence-corrected chi connectivity index (χ2v) is 10.2. The molecule has 1 heterocycles. The van der Waals surface area contributed by atoms with Crippen LogP contribution in [0.2, 0.25) is 0 Å². The Bertz CT molecular complexity index is 915. The first-order valence-electron chi connectivity index (χ1n) is 11.4. The van der Waals surface area contributed by atoms with E-state index in [4.69, 9.17) is 16.3 Å². The molecule has 0 aliphatic heterocycles. The van der Waals surface area contributed by atoms with Gasteiger partial charge in [0, 0.05) is 17.7 Å². The SMILES string of the molecule is CCCCC(O)c1cccc(CC2C(Cl)CC(=O)[C@@H]2CCCc2ncc(C(=O)OC)s2)c1. The Kier molecular flexibility index (Phi) is 9.26. The van der Waals surface area contributed by atoms with Crippen LogP contribution in [0.5, 0.6) is 0 Å². The van der Waals surface area contributed by atoms with E-state index in [1.54, 1.807) is 6.20 Å². The average Bonchev–Trinajstić information content (AvgIpc) is 3.37. The lowest BCUT2D eigenvalue weighted by Crippen LogP contribution is -2.21. The highest BCUT2D eigenvalue weighted by molar-refractivity contribution is 7.13. The van der Waals surface area contributed by atoms with Crippen molar-refractivity contribution in [3.63, 3.8) is 0 Å². The van der Waals surface area contributed by atoms with Crippen molar-refractivity contribution in [1.82, 2.24) is 4.98 Å². The molecule has 0 saturated heterocycles. The maximum absolute atomic E-state index is 12.7. The fraction of sp³-hybridized carbons (Fsp3) is 0.560. The largest absolute Gasteiger partial charge is 0.465 e. The standard InChI is InChI=1S/C25H32ClNO4S/c1-3-4-10-21(28)17-8-5-7-16(12-17)13-19-18(22(29)14-20(19)26)9-6-11-24-27-15-23(32-24)25(30)31-2/h5,7-8,12,15,18-21,28H,3-4,6,9-11,13-14H2,1-2H3/t18-,19?,20?,21?/m1/s1. The van der Waals surface area contributed by atoms with Gasteiger partial charge in [0.2, 0.25) is 0 Å². The van der Waals surface area contributed by atoms with Gasteiger partial charge in [-0.3, -0.25) is 4.79 Å². The molecule has 0 spiro atoms. The Morgan fingerprint density at radius 3 is 2.94 bits per heavy atom. The third-order valence-electron chi connectivity index (χ3n) is 6.28. The van der Waals surface area contributed by atoms with Gasteiger partial charge in [-0.1, -0.05) is 44.0 Å². The van der Waals surface area contributed by atoms with Gasteiger partial charge < -0.3 is 9.84 Å². The number of aromatic nitrogens is 1. The van der Waals surface area contributed by atoms with E-state index in [2.05, 4.69) is 24.0 Å². The number of esters is 1. The fourth-order valence-electron chi connectivity index (χ4n) is 4.49. The second-order valence-electron chi connectivity index (χ2n) is 8.57. The summed E-state index contributed by atoms with van der Waals surface area (Å²) >= 11 is 7.95. The summed E-state index contributed by atoms with van der Waals surface area (Å²) in [6.07, 6.45) is 7.38. The fourth-order valence-corrected chi connectivity index (χ4v) is 5.78. The molecular weight excluding hydrogens is 446 g/mol. The van der Waals surface area contributed by atoms with Crippen LogP contribution in [0.4, 0.5) is 0 Å². The topological polar surface area (TPSA) is 76.5 Å². The van der Waals surface area contributed by atoms with Crippen LogP contribution in [0.15, 0.2) is 30.5 Å². The Balaban J connectivity index is 1.60. The zero-order chi connectivity index (χ0) is 23.1. The van der Waals surface area contributed by atoms with E-state index in [1.165, 1.54) is 18.4 Å². The highest BCUT2D eigenvalue weighted by Gasteiger charge is 2.40. The smallest absolute Gasteiger partial charge is 0.349 e. The van der Waals surface area contributed by atoms with Crippen LogP contribution in [0.25, 0.3) is 0 Å². The monoisotopic (exact) mass is 477 g/mol. The Labute approximate surface area is 199 Å². The number of halogens is 1. The van der Waals surface area contributed by atoms with Gasteiger partial charge in [0.15, 0.2) is 0 Å². The Hall–Kier alpha value is -1.76. The minimum atomic E-state index is -0.448. The number of methoxy groups -OCH3 is 1. The van der Waals surface area contributed by atoms with Gasteiger partial charge in [-0.05, 0) is 49.1 Å². The first kappa shape index (κ1) is 24.9. The van der Waals surface area contributed by atoms with Crippen molar-refractivity contribution in [1.29, 1.82) is 0 Å². The van der Waals surface area contributed by atoms with Gasteiger partial charge in [-0.2, -0.15) is 0 Å². The highest BCUT2D eigenvalue weighted by atomic mass is 35.5. The van der Waals surface area contributed by atoms with E-state index in [-0.39, 0.29) is 29.0 Å². The summed E-state index contributed by atoms with van der Waals surface area (Å²) in [7, 11) is 1.36. The van der Waals surface area contributed by atoms with Gasteiger partial charge in [-0.25, -0.2) is 9.78 Å². The number of hydrogen-bond donors (Lipinski definition) is 1. The lowest BCUT2D eigenvalue weighted by atomic mass is 9.85. The second kappa shape index (κ2) is 11.9. The molecule has 2 aromatic rings. The Morgan fingerprint density at radius 2 is 2.19 bits per heavy atom. The van der Waals surface area contributed by atoms with Crippen molar-refractivity contribution in [2.75, 3.05) is 7.11 Å². The first-order chi connectivity index (χ1) is 15.4. The molecule has 7 heteroatoms. The molecule has 0 amide bonds. The number of carbonyl (C=O) groups is 2. The number of ketones is 1. The molecule has 3 rings (SSSR count). The van der Waals surface area contributed by atoms with Crippen molar-refractivity contribution in [3.05, 3.63) is 51.5 Å². The minimum Gasteiger partial charge on any atom is -0.465 e. The lowest BCUT2D eigenvalue weighted by molar-refractivity contribution is -0.121. The number of rotatable bonds is 11. The molecule has 1 aromatic heterocycles. The van der Waals surface area contributed by atoms with E-state index in [0.717, 1.165) is 61.1 Å². The third-order valence-corrected chi connectivity index (χ3v) is 7.79. The molecule has 1 fully saturated rings. The summed E-state index contributed by atoms with van der Waals surface area (Å²) < 4.78 is 4.73. The normalized spacial score (nSPS) is 21.6. The lowest BCUT2D eigenvalue weighted by Gasteiger charge is -2.21. The van der Waals surface area contributed by atoms with Crippen molar-refractivity contribution >= 4 is 34.7 Å². The van der Waals surface area contributed by atoms with Crippen LogP contribution in [0, 0.1) is 11.8 Å². The number of ether oxygens (including phenoxy) is 1. The molecule has 1 aromatic carbocycles. The van der Waals surface area contributed by atoms with Crippen LogP contribution >= 0.6 is 22.9 Å². The molecular formula is C25H32ClNO4S. The van der Waals surface area contributed by atoms with E-state index in [9.17, 15) is 14.7 Å². The summed E-state index contributed by atoms with van der Waals surface area (Å²) in [6, 6.07) is 8.07. The van der Waals surface area contributed by atoms with Crippen LogP contribution in [0.1, 0.15) is 77.4 Å². The number of thiazole rings is 1. The van der Waals surface area contributed by atoms with Gasteiger partial charge in [0.1, 0.15) is 10.7 Å². The summed E-state index contributed by atoms with van der Waals surface area (Å²) in [6.45, 7) is 2.12. The van der Waals surface area contributed by atoms with Crippen LogP contribution in [-0.2, 0) is 22.4 Å². The quantitative estimate of drug-likeness (QED) is 0.340. The summed E-state index contributed by atoms with van der Waals surface area (Å²) in [5.41, 5.74) is 2.06. The summed E-state index contributed by atoms with van der Waals surface area (Å²) in [5.74, 6) is -0.101.